The average molecular weight is 319 g/mol. The Morgan fingerprint density at radius 3 is 2.43 bits per heavy atom. The van der Waals surface area contributed by atoms with Crippen LogP contribution in [0.15, 0.2) is 12.1 Å². The molecule has 1 amide bonds. The van der Waals surface area contributed by atoms with Crippen molar-refractivity contribution >= 4 is 5.91 Å². The van der Waals surface area contributed by atoms with Gasteiger partial charge in [0.05, 0.1) is 11.7 Å². The van der Waals surface area contributed by atoms with Crippen molar-refractivity contribution in [2.75, 3.05) is 13.1 Å². The number of rotatable bonds is 3. The van der Waals surface area contributed by atoms with Gasteiger partial charge in [0.2, 0.25) is 0 Å². The first-order chi connectivity index (χ1) is 10.8. The molecule has 2 rings (SSSR count). The molecule has 1 saturated heterocycles. The maximum absolute atomic E-state index is 12.9. The van der Waals surface area contributed by atoms with Gasteiger partial charge in [0.1, 0.15) is 5.75 Å². The molecule has 0 bridgehead atoms. The fourth-order valence-corrected chi connectivity index (χ4v) is 3.07. The van der Waals surface area contributed by atoms with Crippen LogP contribution in [0, 0.1) is 0 Å². The summed E-state index contributed by atoms with van der Waals surface area (Å²) in [6.07, 6.45) is 1.82. The second-order valence-electron chi connectivity index (χ2n) is 7.19. The molecule has 1 aromatic rings. The minimum atomic E-state index is -0.324. The fourth-order valence-electron chi connectivity index (χ4n) is 3.07. The lowest BCUT2D eigenvalue weighted by molar-refractivity contribution is 0.0750. The Labute approximate surface area is 139 Å². The summed E-state index contributed by atoms with van der Waals surface area (Å²) in [5.74, 6) is 0.442. The number of aromatic hydroxyl groups is 1. The Morgan fingerprint density at radius 1 is 1.13 bits per heavy atom. The molecule has 0 aliphatic carbocycles. The first-order valence-corrected chi connectivity index (χ1v) is 8.65. The number of phenolic OH excluding ortho intramolecular Hbond substituents is 1. The van der Waals surface area contributed by atoms with Crippen molar-refractivity contribution in [1.82, 2.24) is 4.90 Å². The molecule has 0 radical (unpaired) electrons. The number of aliphatic hydroxyl groups excluding tert-OH is 1. The highest BCUT2D eigenvalue weighted by atomic mass is 16.3. The number of carbonyl (C=O) groups is 1. The van der Waals surface area contributed by atoms with Gasteiger partial charge < -0.3 is 15.1 Å². The summed E-state index contributed by atoms with van der Waals surface area (Å²) in [6.45, 7) is 9.41. The first-order valence-electron chi connectivity index (χ1n) is 8.65. The molecule has 0 unspecified atom stereocenters. The van der Waals surface area contributed by atoms with Crippen LogP contribution in [0.3, 0.4) is 0 Å². The van der Waals surface area contributed by atoms with E-state index in [1.54, 1.807) is 4.90 Å². The van der Waals surface area contributed by atoms with Crippen LogP contribution in [0.5, 0.6) is 5.75 Å². The minimum absolute atomic E-state index is 0.110. The number of aliphatic hydroxyl groups is 1. The van der Waals surface area contributed by atoms with Crippen molar-refractivity contribution in [3.8, 4) is 5.75 Å². The number of hydrogen-bond acceptors (Lipinski definition) is 3. The van der Waals surface area contributed by atoms with Gasteiger partial charge in [-0.25, -0.2) is 0 Å². The molecule has 4 heteroatoms. The molecule has 23 heavy (non-hydrogen) atoms. The van der Waals surface area contributed by atoms with Crippen LogP contribution >= 0.6 is 0 Å². The van der Waals surface area contributed by atoms with Crippen molar-refractivity contribution < 1.29 is 15.0 Å². The molecular weight excluding hydrogens is 290 g/mol. The lowest BCUT2D eigenvalue weighted by atomic mass is 9.91. The zero-order valence-corrected chi connectivity index (χ0v) is 14.7. The van der Waals surface area contributed by atoms with E-state index in [-0.39, 0.29) is 23.7 Å². The van der Waals surface area contributed by atoms with E-state index in [0.717, 1.165) is 24.0 Å². The van der Waals surface area contributed by atoms with Crippen molar-refractivity contribution in [2.24, 2.45) is 0 Å². The van der Waals surface area contributed by atoms with E-state index in [2.05, 4.69) is 13.8 Å². The van der Waals surface area contributed by atoms with E-state index in [0.29, 0.717) is 31.0 Å². The van der Waals surface area contributed by atoms with Gasteiger partial charge in [0.15, 0.2) is 0 Å². The molecule has 1 aliphatic rings. The lowest BCUT2D eigenvalue weighted by Crippen LogP contribution is -2.32. The van der Waals surface area contributed by atoms with Crippen molar-refractivity contribution in [3.05, 3.63) is 28.8 Å². The molecule has 1 heterocycles. The van der Waals surface area contributed by atoms with Gasteiger partial charge in [-0.05, 0) is 48.3 Å². The molecule has 1 atom stereocenters. The van der Waals surface area contributed by atoms with Crippen LogP contribution in [0.2, 0.25) is 0 Å². The highest BCUT2D eigenvalue weighted by molar-refractivity contribution is 5.97. The second kappa shape index (κ2) is 7.35. The predicted molar refractivity (Wildman–Crippen MR) is 92.0 cm³/mol. The Bertz CT molecular complexity index is 566. The Balaban J connectivity index is 2.38. The Morgan fingerprint density at radius 2 is 1.83 bits per heavy atom. The highest BCUT2D eigenvalue weighted by Crippen LogP contribution is 2.34. The zero-order chi connectivity index (χ0) is 17.1. The number of amides is 1. The van der Waals surface area contributed by atoms with Gasteiger partial charge in [-0.2, -0.15) is 0 Å². The molecule has 4 nitrogen and oxygen atoms in total. The molecule has 0 saturated carbocycles. The first kappa shape index (κ1) is 17.8. The standard InChI is InChI=1S/C19H29NO3/c1-12(2)14-10-16(13(3)4)18(22)17(11-14)19(23)20-8-5-6-15(21)7-9-20/h10-13,15,21-22H,5-9H2,1-4H3/t15-/m1/s1. The SMILES string of the molecule is CC(C)c1cc(C(=O)N2CCC[C@@H](O)CC2)c(O)c(C(C)C)c1. The fraction of sp³-hybridized carbons (Fsp3) is 0.632. The van der Waals surface area contributed by atoms with E-state index in [9.17, 15) is 15.0 Å². The summed E-state index contributed by atoms with van der Waals surface area (Å²) < 4.78 is 0. The van der Waals surface area contributed by atoms with E-state index >= 15 is 0 Å². The number of phenols is 1. The van der Waals surface area contributed by atoms with Crippen LogP contribution in [-0.2, 0) is 0 Å². The van der Waals surface area contributed by atoms with Crippen molar-refractivity contribution in [2.45, 2.75) is 64.9 Å². The summed E-state index contributed by atoms with van der Waals surface area (Å²) in [5, 5.41) is 20.4. The third-order valence-electron chi connectivity index (χ3n) is 4.67. The molecule has 128 valence electrons. The minimum Gasteiger partial charge on any atom is -0.507 e. The van der Waals surface area contributed by atoms with Gasteiger partial charge in [0.25, 0.3) is 5.91 Å². The third kappa shape index (κ3) is 4.05. The molecule has 1 fully saturated rings. The quantitative estimate of drug-likeness (QED) is 0.894. The van der Waals surface area contributed by atoms with Crippen LogP contribution in [-0.4, -0.2) is 40.2 Å². The maximum Gasteiger partial charge on any atom is 0.257 e. The molecule has 0 aromatic heterocycles. The Kier molecular flexibility index (Phi) is 5.69. The monoisotopic (exact) mass is 319 g/mol. The van der Waals surface area contributed by atoms with E-state index in [4.69, 9.17) is 0 Å². The van der Waals surface area contributed by atoms with Gasteiger partial charge in [0, 0.05) is 13.1 Å². The Hall–Kier alpha value is -1.55. The van der Waals surface area contributed by atoms with Gasteiger partial charge in [-0.1, -0.05) is 33.8 Å². The summed E-state index contributed by atoms with van der Waals surface area (Å²) in [7, 11) is 0. The van der Waals surface area contributed by atoms with Crippen LogP contribution in [0.4, 0.5) is 0 Å². The molecule has 0 spiro atoms. The topological polar surface area (TPSA) is 60.8 Å². The summed E-state index contributed by atoms with van der Waals surface area (Å²) in [4.78, 5) is 14.7. The normalized spacial score (nSPS) is 19.3. The van der Waals surface area contributed by atoms with Crippen molar-refractivity contribution in [1.29, 1.82) is 0 Å². The van der Waals surface area contributed by atoms with E-state index < -0.39 is 0 Å². The molecule has 1 aliphatic heterocycles. The number of nitrogens with zero attached hydrogens (tertiary/aromatic N) is 1. The molecule has 1 aromatic carbocycles. The number of hydrogen-bond donors (Lipinski definition) is 2. The van der Waals surface area contributed by atoms with Gasteiger partial charge >= 0.3 is 0 Å². The van der Waals surface area contributed by atoms with Crippen LogP contribution in [0.1, 0.15) is 80.3 Å². The third-order valence-corrected chi connectivity index (χ3v) is 4.67. The highest BCUT2D eigenvalue weighted by Gasteiger charge is 2.25. The lowest BCUT2D eigenvalue weighted by Gasteiger charge is -2.23. The summed E-state index contributed by atoms with van der Waals surface area (Å²) in [6, 6.07) is 3.84. The average Bonchev–Trinajstić information content (AvgIpc) is 2.71. The van der Waals surface area contributed by atoms with E-state index in [1.807, 2.05) is 26.0 Å². The molecular formula is C19H29NO3. The maximum atomic E-state index is 12.9. The second-order valence-corrected chi connectivity index (χ2v) is 7.19. The zero-order valence-electron chi connectivity index (χ0n) is 14.7. The predicted octanol–water partition coefficient (Wildman–Crippen LogP) is 3.63. The largest absolute Gasteiger partial charge is 0.507 e. The van der Waals surface area contributed by atoms with Crippen LogP contribution < -0.4 is 0 Å². The van der Waals surface area contributed by atoms with E-state index in [1.165, 1.54) is 0 Å². The number of carbonyl (C=O) groups excluding carboxylic acids is 1. The molecule has 2 N–H and O–H groups in total. The summed E-state index contributed by atoms with van der Waals surface area (Å²) >= 11 is 0. The number of benzene rings is 1. The summed E-state index contributed by atoms with van der Waals surface area (Å²) in [5.41, 5.74) is 2.30. The number of likely N-dealkylation sites (tertiary alicyclic amines) is 1. The van der Waals surface area contributed by atoms with Crippen molar-refractivity contribution in [3.63, 3.8) is 0 Å². The van der Waals surface area contributed by atoms with Crippen LogP contribution in [0.25, 0.3) is 0 Å². The van der Waals surface area contributed by atoms with Gasteiger partial charge in [-0.15, -0.1) is 0 Å². The smallest absolute Gasteiger partial charge is 0.257 e. The van der Waals surface area contributed by atoms with Gasteiger partial charge in [-0.3, -0.25) is 4.79 Å².